The number of hydrogen-bond donors (Lipinski definition) is 0. The van der Waals surface area contributed by atoms with Crippen LogP contribution in [0.5, 0.6) is 0 Å². The predicted octanol–water partition coefficient (Wildman–Crippen LogP) is 1.13. The Balaban J connectivity index is 2.25. The molecule has 0 aliphatic carbocycles. The Morgan fingerprint density at radius 2 is 1.29 bits per heavy atom. The molecule has 5 nitrogen and oxygen atoms in total. The molecule has 0 bridgehead atoms. The zero-order valence-electron chi connectivity index (χ0n) is 8.90. The van der Waals surface area contributed by atoms with Crippen molar-refractivity contribution in [2.24, 2.45) is 0 Å². The summed E-state index contributed by atoms with van der Waals surface area (Å²) in [5.41, 5.74) is -1.25. The maximum atomic E-state index is 12.4. The molecule has 2 fully saturated rings. The van der Waals surface area contributed by atoms with Crippen molar-refractivity contribution in [3.63, 3.8) is 0 Å². The molecular weight excluding hydrogens is 207 g/mol. The summed E-state index contributed by atoms with van der Waals surface area (Å²) in [6, 6.07) is 0. The van der Waals surface area contributed by atoms with E-state index in [1.165, 1.54) is 0 Å². The Morgan fingerprint density at radius 1 is 0.929 bits per heavy atom. The van der Waals surface area contributed by atoms with Crippen LogP contribution in [0.15, 0.2) is 0 Å². The Hall–Kier alpha value is 0.230. The first-order chi connectivity index (χ1) is 6.13. The van der Waals surface area contributed by atoms with Crippen molar-refractivity contribution in [1.82, 2.24) is 0 Å². The predicted molar refractivity (Wildman–Crippen MR) is 49.2 cm³/mol. The van der Waals surface area contributed by atoms with Gasteiger partial charge in [-0.2, -0.15) is 0 Å². The molecule has 0 N–H and O–H groups in total. The molecule has 6 heteroatoms. The van der Waals surface area contributed by atoms with E-state index in [0.29, 0.717) is 0 Å². The van der Waals surface area contributed by atoms with Gasteiger partial charge in [-0.3, -0.25) is 0 Å². The molecule has 14 heavy (non-hydrogen) atoms. The summed E-state index contributed by atoms with van der Waals surface area (Å²) in [4.78, 5) is 12.4. The first kappa shape index (κ1) is 10.7. The standard InChI is InChI=1S/C8H16O5P/c1-7(2)5-10-14(9,12-7)11-6-8(3,4)13-14/h5-6H2,1-4H3/q-1. The van der Waals surface area contributed by atoms with Crippen LogP contribution < -0.4 is 4.89 Å². The summed E-state index contributed by atoms with van der Waals surface area (Å²) >= 11 is 0. The summed E-state index contributed by atoms with van der Waals surface area (Å²) in [5.74, 6) is 0. The molecule has 2 aliphatic heterocycles. The van der Waals surface area contributed by atoms with Gasteiger partial charge in [-0.1, -0.05) is 0 Å². The molecule has 2 saturated heterocycles. The van der Waals surface area contributed by atoms with Crippen LogP contribution in [0.1, 0.15) is 27.7 Å². The fourth-order valence-electron chi connectivity index (χ4n) is 1.54. The average molecular weight is 223 g/mol. The Bertz CT molecular complexity index is 249. The van der Waals surface area contributed by atoms with Crippen LogP contribution in [0.2, 0.25) is 0 Å². The van der Waals surface area contributed by atoms with Gasteiger partial charge in [0.05, 0.1) is 0 Å². The van der Waals surface area contributed by atoms with E-state index >= 15 is 0 Å². The van der Waals surface area contributed by atoms with Crippen LogP contribution in [0.3, 0.4) is 0 Å². The molecule has 0 aromatic carbocycles. The van der Waals surface area contributed by atoms with Crippen molar-refractivity contribution in [2.75, 3.05) is 13.2 Å². The van der Waals surface area contributed by atoms with Gasteiger partial charge in [-0.05, 0) is 0 Å². The molecule has 0 aromatic rings. The van der Waals surface area contributed by atoms with Crippen LogP contribution in [0, 0.1) is 0 Å². The topological polar surface area (TPSA) is 60.0 Å². The Kier molecular flexibility index (Phi) is 1.90. The fourth-order valence-corrected chi connectivity index (χ4v) is 4.63. The molecule has 0 unspecified atom stereocenters. The summed E-state index contributed by atoms with van der Waals surface area (Å²) in [5, 5.41) is 0. The molecule has 0 saturated carbocycles. The van der Waals surface area contributed by atoms with Crippen LogP contribution >= 0.6 is 7.74 Å². The van der Waals surface area contributed by atoms with Crippen molar-refractivity contribution in [3.05, 3.63) is 0 Å². The van der Waals surface area contributed by atoms with Crippen LogP contribution in [0.4, 0.5) is 0 Å². The van der Waals surface area contributed by atoms with Crippen molar-refractivity contribution < 1.29 is 23.0 Å². The minimum absolute atomic E-state index is 0.213. The van der Waals surface area contributed by atoms with Crippen LogP contribution in [-0.4, -0.2) is 24.4 Å². The first-order valence-electron chi connectivity index (χ1n) is 4.61. The second kappa shape index (κ2) is 2.48. The van der Waals surface area contributed by atoms with E-state index in [-0.39, 0.29) is 13.2 Å². The normalized spacial score (nSPS) is 39.4. The molecule has 0 aromatic heterocycles. The molecule has 84 valence electrons. The molecule has 2 aliphatic rings. The average Bonchev–Trinajstić information content (AvgIpc) is 2.32. The van der Waals surface area contributed by atoms with Crippen molar-refractivity contribution in [1.29, 1.82) is 0 Å². The van der Waals surface area contributed by atoms with E-state index in [9.17, 15) is 4.89 Å². The summed E-state index contributed by atoms with van der Waals surface area (Å²) < 4.78 is 21.0. The van der Waals surface area contributed by atoms with Gasteiger partial charge in [0.15, 0.2) is 0 Å². The summed E-state index contributed by atoms with van der Waals surface area (Å²) in [7, 11) is -4.46. The zero-order chi connectivity index (χ0) is 10.7. The van der Waals surface area contributed by atoms with Gasteiger partial charge in [0.25, 0.3) is 0 Å². The maximum absolute atomic E-state index is 12.4. The molecular formula is C8H16O5P-. The molecule has 0 radical (unpaired) electrons. The van der Waals surface area contributed by atoms with Gasteiger partial charge < -0.3 is 0 Å². The number of hydrogen-bond acceptors (Lipinski definition) is 5. The van der Waals surface area contributed by atoms with E-state index in [4.69, 9.17) is 18.1 Å². The van der Waals surface area contributed by atoms with E-state index in [1.807, 2.05) is 0 Å². The zero-order valence-corrected chi connectivity index (χ0v) is 9.80. The third-order valence-corrected chi connectivity index (χ3v) is 4.72. The van der Waals surface area contributed by atoms with E-state index in [1.54, 1.807) is 27.7 Å². The minimum atomic E-state index is -4.46. The molecule has 2 heterocycles. The second-order valence-corrected chi connectivity index (χ2v) is 7.37. The van der Waals surface area contributed by atoms with E-state index in [0.717, 1.165) is 0 Å². The summed E-state index contributed by atoms with van der Waals surface area (Å²) in [6.45, 7) is 7.55. The second-order valence-electron chi connectivity index (χ2n) is 4.99. The first-order valence-corrected chi connectivity index (χ1v) is 6.43. The van der Waals surface area contributed by atoms with E-state index < -0.39 is 18.9 Å². The molecule has 1 spiro atoms. The third kappa shape index (κ3) is 1.69. The van der Waals surface area contributed by atoms with Crippen molar-refractivity contribution in [3.8, 4) is 0 Å². The fraction of sp³-hybridized carbons (Fsp3) is 1.00. The Labute approximate surface area is 83.6 Å². The van der Waals surface area contributed by atoms with Gasteiger partial charge in [-0.15, -0.1) is 0 Å². The van der Waals surface area contributed by atoms with Gasteiger partial charge in [-0.25, -0.2) is 0 Å². The molecule has 0 atom stereocenters. The van der Waals surface area contributed by atoms with Crippen LogP contribution in [0.25, 0.3) is 0 Å². The van der Waals surface area contributed by atoms with Gasteiger partial charge in [0.2, 0.25) is 0 Å². The van der Waals surface area contributed by atoms with E-state index in [2.05, 4.69) is 0 Å². The molecule has 0 amide bonds. The SMILES string of the molecule is CC1(C)COP2([O-])(OCC(C)(C)O2)O1. The van der Waals surface area contributed by atoms with Crippen molar-refractivity contribution in [2.45, 2.75) is 38.9 Å². The molecule has 2 rings (SSSR count). The van der Waals surface area contributed by atoms with Gasteiger partial charge >= 0.3 is 82.8 Å². The Morgan fingerprint density at radius 3 is 1.50 bits per heavy atom. The van der Waals surface area contributed by atoms with Gasteiger partial charge in [0, 0.05) is 0 Å². The van der Waals surface area contributed by atoms with Crippen molar-refractivity contribution >= 4 is 7.74 Å². The quantitative estimate of drug-likeness (QED) is 0.576. The third-order valence-electron chi connectivity index (χ3n) is 2.04. The monoisotopic (exact) mass is 223 g/mol. The van der Waals surface area contributed by atoms with Gasteiger partial charge in [0.1, 0.15) is 0 Å². The number of rotatable bonds is 0. The van der Waals surface area contributed by atoms with Crippen LogP contribution in [-0.2, 0) is 18.1 Å². The summed E-state index contributed by atoms with van der Waals surface area (Å²) in [6.07, 6.45) is 0.